The quantitative estimate of drug-likeness (QED) is 0.422. The number of pyridine rings is 1. The molecule has 29 heavy (non-hydrogen) atoms. The van der Waals surface area contributed by atoms with Gasteiger partial charge in [-0.3, -0.25) is 9.59 Å². The van der Waals surface area contributed by atoms with Crippen molar-refractivity contribution < 1.29 is 9.59 Å². The molecule has 3 heterocycles. The van der Waals surface area contributed by atoms with E-state index in [1.165, 1.54) is 11.1 Å². The van der Waals surface area contributed by atoms with Crippen LogP contribution in [0.25, 0.3) is 16.7 Å². The van der Waals surface area contributed by atoms with E-state index in [4.69, 9.17) is 0 Å². The van der Waals surface area contributed by atoms with Crippen molar-refractivity contribution in [2.45, 2.75) is 13.8 Å². The lowest BCUT2D eigenvalue weighted by molar-refractivity contribution is 0.0926. The number of benzene rings is 2. The first kappa shape index (κ1) is 17.8. The van der Waals surface area contributed by atoms with Crippen LogP contribution in [0.1, 0.15) is 32.0 Å². The molecule has 6 nitrogen and oxygen atoms in total. The molecule has 0 atom stereocenters. The Kier molecular flexibility index (Phi) is 3.89. The summed E-state index contributed by atoms with van der Waals surface area (Å²) in [6.07, 6.45) is 1.47. The average Bonchev–Trinajstić information content (AvgIpc) is 3.18. The number of aromatic nitrogens is 3. The van der Waals surface area contributed by atoms with Gasteiger partial charge in [0.2, 0.25) is 0 Å². The van der Waals surface area contributed by atoms with Gasteiger partial charge in [-0.25, -0.2) is 14.6 Å². The van der Waals surface area contributed by atoms with Gasteiger partial charge in [-0.2, -0.15) is 5.10 Å². The summed E-state index contributed by atoms with van der Waals surface area (Å²) in [6, 6.07) is 15.0. The molecule has 0 bridgehead atoms. The van der Waals surface area contributed by atoms with Gasteiger partial charge in [-0.1, -0.05) is 33.6 Å². The second-order valence-electron chi connectivity index (χ2n) is 7.00. The lowest BCUT2D eigenvalue weighted by Crippen LogP contribution is -2.29. The highest BCUT2D eigenvalue weighted by Gasteiger charge is 2.39. The second kappa shape index (κ2) is 6.35. The molecule has 4 aromatic rings. The van der Waals surface area contributed by atoms with Crippen molar-refractivity contribution in [3.05, 3.63) is 81.6 Å². The molecule has 1 aliphatic rings. The number of hydrogen-bond acceptors (Lipinski definition) is 4. The first-order valence-corrected chi connectivity index (χ1v) is 9.85. The van der Waals surface area contributed by atoms with E-state index in [1.54, 1.807) is 16.8 Å². The molecule has 1 aliphatic heterocycles. The Bertz CT molecular complexity index is 1310. The van der Waals surface area contributed by atoms with E-state index >= 15 is 0 Å². The maximum absolute atomic E-state index is 13.3. The zero-order chi connectivity index (χ0) is 20.3. The molecule has 142 valence electrons. The molecule has 0 radical (unpaired) electrons. The number of hydrogen-bond donors (Lipinski definition) is 0. The van der Waals surface area contributed by atoms with Gasteiger partial charge in [0.05, 0.1) is 33.6 Å². The molecule has 2 aromatic heterocycles. The number of amides is 2. The summed E-state index contributed by atoms with van der Waals surface area (Å²) < 4.78 is 2.65. The van der Waals surface area contributed by atoms with Gasteiger partial charge in [-0.15, -0.1) is 0 Å². The second-order valence-corrected chi connectivity index (χ2v) is 7.92. The van der Waals surface area contributed by atoms with Crippen molar-refractivity contribution in [3.63, 3.8) is 0 Å². The predicted molar refractivity (Wildman–Crippen MR) is 114 cm³/mol. The number of carbonyl (C=O) groups excluding carboxylic acids is 2. The van der Waals surface area contributed by atoms with Gasteiger partial charge in [0.15, 0.2) is 5.65 Å². The molecule has 0 saturated carbocycles. The van der Waals surface area contributed by atoms with Crippen LogP contribution in [-0.2, 0) is 0 Å². The summed E-state index contributed by atoms with van der Waals surface area (Å²) in [7, 11) is 0. The Morgan fingerprint density at radius 2 is 1.52 bits per heavy atom. The summed E-state index contributed by atoms with van der Waals surface area (Å²) >= 11 is 3.43. The highest BCUT2D eigenvalue weighted by molar-refractivity contribution is 9.10. The average molecular weight is 447 g/mol. The first-order valence-electron chi connectivity index (χ1n) is 9.05. The van der Waals surface area contributed by atoms with Crippen molar-refractivity contribution in [1.82, 2.24) is 14.8 Å². The lowest BCUT2D eigenvalue weighted by Gasteiger charge is -2.13. The topological polar surface area (TPSA) is 68.1 Å². The number of nitrogens with zero attached hydrogens (tertiary/aromatic N) is 4. The normalized spacial score (nSPS) is 13.4. The number of imide groups is 1. The van der Waals surface area contributed by atoms with Crippen molar-refractivity contribution in [2.24, 2.45) is 0 Å². The highest BCUT2D eigenvalue weighted by atomic mass is 79.9. The first-order chi connectivity index (χ1) is 14.0. The van der Waals surface area contributed by atoms with Gasteiger partial charge >= 0.3 is 0 Å². The Hall–Kier alpha value is -3.32. The number of anilines is 1. The van der Waals surface area contributed by atoms with E-state index in [1.807, 2.05) is 50.2 Å². The van der Waals surface area contributed by atoms with Crippen molar-refractivity contribution in [3.8, 4) is 5.69 Å². The molecule has 0 spiro atoms. The van der Waals surface area contributed by atoms with Crippen molar-refractivity contribution >= 4 is 44.5 Å². The van der Waals surface area contributed by atoms with Gasteiger partial charge in [-0.05, 0) is 50.2 Å². The number of halogens is 1. The Morgan fingerprint density at radius 3 is 2.21 bits per heavy atom. The largest absolute Gasteiger partial charge is 0.268 e. The van der Waals surface area contributed by atoms with Crippen LogP contribution in [0.3, 0.4) is 0 Å². The molecule has 2 amide bonds. The lowest BCUT2D eigenvalue weighted by atomic mass is 10.1. The van der Waals surface area contributed by atoms with Crippen LogP contribution >= 0.6 is 15.9 Å². The minimum absolute atomic E-state index is 0.307. The third-order valence-electron chi connectivity index (χ3n) is 5.09. The fourth-order valence-corrected chi connectivity index (χ4v) is 3.92. The summed E-state index contributed by atoms with van der Waals surface area (Å²) in [5.41, 5.74) is 4.30. The van der Waals surface area contributed by atoms with Gasteiger partial charge < -0.3 is 0 Å². The Balaban J connectivity index is 1.70. The number of aryl methyl sites for hydroxylation is 2. The smallest absolute Gasteiger partial charge is 0.267 e. The van der Waals surface area contributed by atoms with Crippen LogP contribution in [0.4, 0.5) is 5.69 Å². The van der Waals surface area contributed by atoms with Crippen LogP contribution in [0.5, 0.6) is 0 Å². The maximum Gasteiger partial charge on any atom is 0.267 e. The SMILES string of the molecule is Cc1ccc(N2C(=O)c3cnc4c(c(C)nn4-c4ccc(Br)cc4)c3C2=O)cc1. The van der Waals surface area contributed by atoms with Gasteiger partial charge in [0, 0.05) is 10.7 Å². The highest BCUT2D eigenvalue weighted by Crippen LogP contribution is 2.34. The predicted octanol–water partition coefficient (Wildman–Crippen LogP) is 4.60. The molecular formula is C22H15BrN4O2. The van der Waals surface area contributed by atoms with Crippen LogP contribution < -0.4 is 4.90 Å². The summed E-state index contributed by atoms with van der Waals surface area (Å²) in [5.74, 6) is -0.709. The van der Waals surface area contributed by atoms with Crippen LogP contribution in [-0.4, -0.2) is 26.6 Å². The van der Waals surface area contributed by atoms with E-state index < -0.39 is 0 Å². The Morgan fingerprint density at radius 1 is 0.862 bits per heavy atom. The van der Waals surface area contributed by atoms with Crippen LogP contribution in [0.2, 0.25) is 0 Å². The van der Waals surface area contributed by atoms with Crippen molar-refractivity contribution in [1.29, 1.82) is 0 Å². The van der Waals surface area contributed by atoms with Crippen LogP contribution in [0.15, 0.2) is 59.2 Å². The third-order valence-corrected chi connectivity index (χ3v) is 5.61. The maximum atomic E-state index is 13.3. The van der Waals surface area contributed by atoms with E-state index in [0.29, 0.717) is 33.5 Å². The molecule has 0 saturated heterocycles. The summed E-state index contributed by atoms with van der Waals surface area (Å²) in [6.45, 7) is 3.78. The molecule has 0 fully saturated rings. The molecule has 5 rings (SSSR count). The zero-order valence-electron chi connectivity index (χ0n) is 15.7. The van der Waals surface area contributed by atoms with Gasteiger partial charge in [0.1, 0.15) is 0 Å². The number of rotatable bonds is 2. The molecule has 0 N–H and O–H groups in total. The van der Waals surface area contributed by atoms with E-state index in [2.05, 4.69) is 26.0 Å². The Labute approximate surface area is 174 Å². The van der Waals surface area contributed by atoms with Gasteiger partial charge in [0.25, 0.3) is 11.8 Å². The monoisotopic (exact) mass is 446 g/mol. The molecular weight excluding hydrogens is 432 g/mol. The standard InChI is InChI=1S/C22H15BrN4O2/c1-12-3-7-15(8-4-12)26-21(28)17-11-24-20-18(19(17)22(26)29)13(2)25-27(20)16-9-5-14(23)6-10-16/h3-11H,1-2H3. The zero-order valence-corrected chi connectivity index (χ0v) is 17.3. The third kappa shape index (κ3) is 2.61. The minimum Gasteiger partial charge on any atom is -0.268 e. The fraction of sp³-hybridized carbons (Fsp3) is 0.0909. The summed E-state index contributed by atoms with van der Waals surface area (Å²) in [4.78, 5) is 32.0. The number of fused-ring (bicyclic) bond motifs is 3. The molecule has 2 aromatic carbocycles. The molecule has 7 heteroatoms. The van der Waals surface area contributed by atoms with E-state index in [-0.39, 0.29) is 11.8 Å². The van der Waals surface area contributed by atoms with E-state index in [9.17, 15) is 9.59 Å². The van der Waals surface area contributed by atoms with Crippen LogP contribution in [0, 0.1) is 13.8 Å². The van der Waals surface area contributed by atoms with E-state index in [0.717, 1.165) is 15.7 Å². The summed E-state index contributed by atoms with van der Waals surface area (Å²) in [5, 5.41) is 5.20. The fourth-order valence-electron chi connectivity index (χ4n) is 3.65. The van der Waals surface area contributed by atoms with Crippen molar-refractivity contribution in [2.75, 3.05) is 4.90 Å². The molecule has 0 unspecified atom stereocenters. The molecule has 0 aliphatic carbocycles. The number of carbonyl (C=O) groups is 2. The minimum atomic E-state index is -0.362.